The molecule has 0 heterocycles. The monoisotopic (exact) mass is 468 g/mol. The van der Waals surface area contributed by atoms with Crippen LogP contribution in [-0.2, 0) is 9.59 Å². The first-order valence-electron chi connectivity index (χ1n) is 8.01. The van der Waals surface area contributed by atoms with Crippen LogP contribution in [0.1, 0.15) is 20.7 Å². The van der Waals surface area contributed by atoms with Crippen molar-refractivity contribution in [1.82, 2.24) is 10.6 Å². The Balaban J connectivity index is 2.21. The second kappa shape index (κ2) is 9.58. The SMILES string of the molecule is O=C(O)CNC(=O)c1cc([Se]c2ccc(O)c(C(=O)NCC(=O)O)c2)ccc1O. The number of carbonyl (C=O) groups is 4. The molecule has 0 saturated heterocycles. The summed E-state index contributed by atoms with van der Waals surface area (Å²) in [5, 5.41) is 41.3. The van der Waals surface area contributed by atoms with E-state index in [4.69, 9.17) is 10.2 Å². The van der Waals surface area contributed by atoms with E-state index in [9.17, 15) is 29.4 Å². The van der Waals surface area contributed by atoms with Gasteiger partial charge in [0.1, 0.15) is 0 Å². The van der Waals surface area contributed by atoms with Crippen LogP contribution in [0.4, 0.5) is 0 Å². The number of hydrogen-bond acceptors (Lipinski definition) is 6. The van der Waals surface area contributed by atoms with E-state index in [2.05, 4.69) is 10.6 Å². The van der Waals surface area contributed by atoms with E-state index in [1.807, 2.05) is 0 Å². The molecule has 0 atom stereocenters. The average Bonchev–Trinajstić information content (AvgIpc) is 2.67. The van der Waals surface area contributed by atoms with Gasteiger partial charge in [-0.25, -0.2) is 0 Å². The van der Waals surface area contributed by atoms with Gasteiger partial charge in [0.05, 0.1) is 0 Å². The first-order chi connectivity index (χ1) is 13.7. The number of benzene rings is 2. The van der Waals surface area contributed by atoms with Gasteiger partial charge in [-0.1, -0.05) is 0 Å². The van der Waals surface area contributed by atoms with Gasteiger partial charge < -0.3 is 0 Å². The number of hydrogen-bond donors (Lipinski definition) is 6. The summed E-state index contributed by atoms with van der Waals surface area (Å²) in [4.78, 5) is 45.2. The fourth-order valence-electron chi connectivity index (χ4n) is 2.16. The molecule has 0 radical (unpaired) electrons. The van der Waals surface area contributed by atoms with Crippen LogP contribution >= 0.6 is 0 Å². The molecule has 152 valence electrons. The molecule has 10 nitrogen and oxygen atoms in total. The van der Waals surface area contributed by atoms with Crippen molar-refractivity contribution in [3.05, 3.63) is 47.5 Å². The molecule has 2 aromatic carbocycles. The van der Waals surface area contributed by atoms with Crippen LogP contribution in [0.15, 0.2) is 36.4 Å². The molecule has 0 saturated carbocycles. The number of amides is 2. The van der Waals surface area contributed by atoms with E-state index >= 15 is 0 Å². The zero-order valence-electron chi connectivity index (χ0n) is 14.7. The summed E-state index contributed by atoms with van der Waals surface area (Å²) in [5.74, 6) is -4.57. The molecule has 2 aromatic rings. The Labute approximate surface area is 170 Å². The second-order valence-electron chi connectivity index (χ2n) is 5.61. The van der Waals surface area contributed by atoms with Crippen LogP contribution in [0.25, 0.3) is 0 Å². The summed E-state index contributed by atoms with van der Waals surface area (Å²) < 4.78 is 1.27. The van der Waals surface area contributed by atoms with Gasteiger partial charge in [-0.05, 0) is 0 Å². The number of aliphatic carboxylic acids is 2. The molecule has 29 heavy (non-hydrogen) atoms. The number of nitrogens with one attached hydrogen (secondary N) is 2. The Morgan fingerprint density at radius 3 is 1.45 bits per heavy atom. The summed E-state index contributed by atoms with van der Waals surface area (Å²) >= 11 is -0.439. The molecule has 6 N–H and O–H groups in total. The van der Waals surface area contributed by atoms with E-state index in [1.165, 1.54) is 24.3 Å². The number of phenols is 2. The fraction of sp³-hybridized carbons (Fsp3) is 0.111. The third kappa shape index (κ3) is 6.23. The maximum absolute atomic E-state index is 12.0. The average molecular weight is 467 g/mol. The van der Waals surface area contributed by atoms with E-state index in [0.717, 1.165) is 0 Å². The summed E-state index contributed by atoms with van der Waals surface area (Å²) in [6, 6.07) is 8.55. The first-order valence-corrected chi connectivity index (χ1v) is 9.72. The van der Waals surface area contributed by atoms with Crippen LogP contribution in [0, 0.1) is 0 Å². The fourth-order valence-corrected chi connectivity index (χ4v) is 4.04. The van der Waals surface area contributed by atoms with Gasteiger partial charge in [0, 0.05) is 0 Å². The molecule has 0 spiro atoms. The van der Waals surface area contributed by atoms with Crippen LogP contribution in [0.3, 0.4) is 0 Å². The Bertz CT molecular complexity index is 899. The van der Waals surface area contributed by atoms with Crippen molar-refractivity contribution in [3.63, 3.8) is 0 Å². The van der Waals surface area contributed by atoms with E-state index in [1.54, 1.807) is 12.1 Å². The van der Waals surface area contributed by atoms with E-state index in [0.29, 0.717) is 8.92 Å². The van der Waals surface area contributed by atoms with E-state index < -0.39 is 51.8 Å². The topological polar surface area (TPSA) is 173 Å². The van der Waals surface area contributed by atoms with Crippen molar-refractivity contribution in [1.29, 1.82) is 0 Å². The molecule has 11 heteroatoms. The van der Waals surface area contributed by atoms with Crippen LogP contribution in [-0.4, -0.2) is 72.2 Å². The van der Waals surface area contributed by atoms with Crippen molar-refractivity contribution < 1.29 is 39.6 Å². The maximum atomic E-state index is 12.0. The number of carboxylic acid groups (broad SMARTS) is 2. The van der Waals surface area contributed by atoms with Crippen molar-refractivity contribution in [2.24, 2.45) is 0 Å². The predicted octanol–water partition coefficient (Wildman–Crippen LogP) is -1.62. The number of carboxylic acids is 2. The number of carbonyl (C=O) groups excluding carboxylic acids is 2. The van der Waals surface area contributed by atoms with Gasteiger partial charge in [0.15, 0.2) is 0 Å². The zero-order valence-corrected chi connectivity index (χ0v) is 16.4. The predicted molar refractivity (Wildman–Crippen MR) is 101 cm³/mol. The molecule has 0 unspecified atom stereocenters. The van der Waals surface area contributed by atoms with Gasteiger partial charge in [-0.15, -0.1) is 0 Å². The molecule has 0 aromatic heterocycles. The molecular weight excluding hydrogens is 451 g/mol. The normalized spacial score (nSPS) is 10.2. The summed E-state index contributed by atoms with van der Waals surface area (Å²) in [6.45, 7) is -1.19. The Morgan fingerprint density at radius 1 is 0.724 bits per heavy atom. The molecule has 0 aliphatic rings. The van der Waals surface area contributed by atoms with Gasteiger partial charge in [0.25, 0.3) is 0 Å². The zero-order chi connectivity index (χ0) is 21.6. The number of rotatable bonds is 8. The third-order valence-corrected chi connectivity index (χ3v) is 5.52. The first kappa shape index (κ1) is 21.7. The second-order valence-corrected chi connectivity index (χ2v) is 8.02. The minimum absolute atomic E-state index is 0.0937. The molecule has 0 bridgehead atoms. The number of aromatic hydroxyl groups is 2. The van der Waals surface area contributed by atoms with Gasteiger partial charge in [0.2, 0.25) is 0 Å². The van der Waals surface area contributed by atoms with Crippen molar-refractivity contribution in [2.75, 3.05) is 13.1 Å². The van der Waals surface area contributed by atoms with Crippen LogP contribution < -0.4 is 19.6 Å². The molecule has 0 aliphatic carbocycles. The van der Waals surface area contributed by atoms with Gasteiger partial charge in [-0.2, -0.15) is 0 Å². The number of phenolic OH excluding ortho intramolecular Hbond substituents is 2. The van der Waals surface area contributed by atoms with Gasteiger partial charge >= 0.3 is 170 Å². The van der Waals surface area contributed by atoms with Crippen LogP contribution in [0.5, 0.6) is 11.5 Å². The Morgan fingerprint density at radius 2 is 1.10 bits per heavy atom. The molecule has 2 rings (SSSR count). The van der Waals surface area contributed by atoms with Crippen molar-refractivity contribution in [2.45, 2.75) is 0 Å². The van der Waals surface area contributed by atoms with Crippen LogP contribution in [0.2, 0.25) is 0 Å². The molecule has 0 fully saturated rings. The molecular formula is C18H16N2O8Se. The Hall–Kier alpha value is -3.56. The standard InChI is InChI=1S/C18H16N2O8Se/c21-13-3-1-9(5-11(13)17(27)19-7-15(23)24)29-10-2-4-14(22)12(6-10)18(28)20-8-16(25)26/h1-6,21-22H,7-8H2,(H,19,27)(H,20,28)(H,23,24)(H,25,26). The summed E-state index contributed by atoms with van der Waals surface area (Å²) in [5.41, 5.74) is -0.187. The minimum atomic E-state index is -1.23. The van der Waals surface area contributed by atoms with Gasteiger partial charge in [-0.3, -0.25) is 0 Å². The summed E-state index contributed by atoms with van der Waals surface area (Å²) in [6.07, 6.45) is 0. The molecule has 0 aliphatic heterocycles. The Kier molecular flexibility index (Phi) is 7.18. The van der Waals surface area contributed by atoms with Crippen molar-refractivity contribution in [3.8, 4) is 11.5 Å². The van der Waals surface area contributed by atoms with E-state index in [-0.39, 0.29) is 22.6 Å². The summed E-state index contributed by atoms with van der Waals surface area (Å²) in [7, 11) is 0. The molecule has 2 amide bonds. The third-order valence-electron chi connectivity index (χ3n) is 3.46. The quantitative estimate of drug-likeness (QED) is 0.251. The van der Waals surface area contributed by atoms with Crippen molar-refractivity contribution >= 4 is 47.6 Å².